The number of hydrogen-bond donors (Lipinski definition) is 1. The molecule has 2 aromatic rings. The van der Waals surface area contributed by atoms with Crippen LogP contribution in [0.25, 0.3) is 0 Å². The Bertz CT molecular complexity index is 740. The Balaban J connectivity index is 2.05. The topological polar surface area (TPSA) is 50.7 Å². The number of hydrazone groups is 1. The number of amides is 1. The number of benzene rings is 2. The zero-order valence-electron chi connectivity index (χ0n) is 14.1. The molecule has 4 nitrogen and oxygen atoms in total. The molecule has 0 aromatic heterocycles. The standard InChI is InChI=1S/C19H21ClN2O2/c1-4-11-24-16-8-6-15(7-9-16)19(23)22-21-14(3)17-12-13(2)5-10-18(17)20/h5-10,12H,4,11H2,1-3H3,(H,22,23)/b21-14-. The predicted octanol–water partition coefficient (Wildman–Crippen LogP) is 4.59. The van der Waals surface area contributed by atoms with Gasteiger partial charge in [0.05, 0.1) is 12.3 Å². The Morgan fingerprint density at radius 3 is 2.58 bits per heavy atom. The van der Waals surface area contributed by atoms with Crippen LogP contribution < -0.4 is 10.2 Å². The summed E-state index contributed by atoms with van der Waals surface area (Å²) in [6, 6.07) is 12.7. The molecular formula is C19H21ClN2O2. The number of nitrogens with one attached hydrogen (secondary N) is 1. The lowest BCUT2D eigenvalue weighted by atomic mass is 10.1. The number of carbonyl (C=O) groups is 1. The van der Waals surface area contributed by atoms with E-state index in [0.717, 1.165) is 23.3 Å². The Morgan fingerprint density at radius 2 is 1.92 bits per heavy atom. The average molecular weight is 345 g/mol. The maximum Gasteiger partial charge on any atom is 0.271 e. The van der Waals surface area contributed by atoms with E-state index in [9.17, 15) is 4.79 Å². The van der Waals surface area contributed by atoms with E-state index in [1.54, 1.807) is 24.3 Å². The fourth-order valence-electron chi connectivity index (χ4n) is 2.10. The molecule has 0 aliphatic rings. The van der Waals surface area contributed by atoms with Crippen LogP contribution in [0.1, 0.15) is 41.8 Å². The Hall–Kier alpha value is -2.33. The van der Waals surface area contributed by atoms with E-state index < -0.39 is 0 Å². The van der Waals surface area contributed by atoms with Crippen LogP contribution in [0, 0.1) is 6.92 Å². The molecule has 126 valence electrons. The van der Waals surface area contributed by atoms with Gasteiger partial charge in [0.2, 0.25) is 0 Å². The van der Waals surface area contributed by atoms with Crippen molar-refractivity contribution in [1.82, 2.24) is 5.43 Å². The van der Waals surface area contributed by atoms with Gasteiger partial charge >= 0.3 is 0 Å². The summed E-state index contributed by atoms with van der Waals surface area (Å²) in [5, 5.41) is 4.75. The van der Waals surface area contributed by atoms with Crippen molar-refractivity contribution in [2.45, 2.75) is 27.2 Å². The first-order chi connectivity index (χ1) is 11.5. The molecule has 1 amide bonds. The van der Waals surface area contributed by atoms with E-state index in [2.05, 4.69) is 10.5 Å². The lowest BCUT2D eigenvalue weighted by Gasteiger charge is -2.07. The van der Waals surface area contributed by atoms with Crippen molar-refractivity contribution in [2.24, 2.45) is 5.10 Å². The number of hydrogen-bond acceptors (Lipinski definition) is 3. The lowest BCUT2D eigenvalue weighted by Crippen LogP contribution is -2.19. The minimum atomic E-state index is -0.278. The zero-order chi connectivity index (χ0) is 17.5. The van der Waals surface area contributed by atoms with Crippen LogP contribution in [0.15, 0.2) is 47.6 Å². The highest BCUT2D eigenvalue weighted by Crippen LogP contribution is 2.18. The van der Waals surface area contributed by atoms with Crippen LogP contribution in [0.4, 0.5) is 0 Å². The molecule has 5 heteroatoms. The van der Waals surface area contributed by atoms with Gasteiger partial charge in [-0.2, -0.15) is 5.10 Å². The average Bonchev–Trinajstić information content (AvgIpc) is 2.60. The fourth-order valence-corrected chi connectivity index (χ4v) is 2.35. The molecule has 0 fully saturated rings. The molecule has 0 saturated carbocycles. The van der Waals surface area contributed by atoms with Gasteiger partial charge in [0.15, 0.2) is 0 Å². The van der Waals surface area contributed by atoms with Crippen molar-refractivity contribution < 1.29 is 9.53 Å². The molecule has 0 heterocycles. The predicted molar refractivity (Wildman–Crippen MR) is 98.1 cm³/mol. The number of halogens is 1. The van der Waals surface area contributed by atoms with E-state index in [1.807, 2.05) is 39.0 Å². The number of aryl methyl sites for hydroxylation is 1. The van der Waals surface area contributed by atoms with Crippen LogP contribution >= 0.6 is 11.6 Å². The van der Waals surface area contributed by atoms with E-state index in [4.69, 9.17) is 16.3 Å². The zero-order valence-corrected chi connectivity index (χ0v) is 14.9. The Morgan fingerprint density at radius 1 is 1.21 bits per heavy atom. The summed E-state index contributed by atoms with van der Waals surface area (Å²) in [5.41, 5.74) is 5.62. The molecule has 0 spiro atoms. The third-order valence-electron chi connectivity index (χ3n) is 3.43. The van der Waals surface area contributed by atoms with Crippen LogP contribution in [-0.2, 0) is 0 Å². The maximum atomic E-state index is 12.2. The lowest BCUT2D eigenvalue weighted by molar-refractivity contribution is 0.0955. The molecule has 0 atom stereocenters. The first-order valence-electron chi connectivity index (χ1n) is 7.85. The monoisotopic (exact) mass is 344 g/mol. The van der Waals surface area contributed by atoms with Crippen molar-refractivity contribution in [3.05, 3.63) is 64.2 Å². The second-order valence-electron chi connectivity index (χ2n) is 5.49. The van der Waals surface area contributed by atoms with E-state index in [0.29, 0.717) is 22.9 Å². The van der Waals surface area contributed by atoms with Crippen molar-refractivity contribution in [1.29, 1.82) is 0 Å². The van der Waals surface area contributed by atoms with Gasteiger partial charge in [0.25, 0.3) is 5.91 Å². The Kier molecular flexibility index (Phi) is 6.38. The largest absolute Gasteiger partial charge is 0.494 e. The summed E-state index contributed by atoms with van der Waals surface area (Å²) in [4.78, 5) is 12.2. The molecule has 0 saturated heterocycles. The van der Waals surface area contributed by atoms with Crippen LogP contribution in [0.3, 0.4) is 0 Å². The van der Waals surface area contributed by atoms with E-state index in [-0.39, 0.29) is 5.91 Å². The summed E-state index contributed by atoms with van der Waals surface area (Å²) in [6.45, 7) is 6.49. The van der Waals surface area contributed by atoms with Gasteiger partial charge in [-0.3, -0.25) is 4.79 Å². The smallest absolute Gasteiger partial charge is 0.271 e. The minimum absolute atomic E-state index is 0.278. The summed E-state index contributed by atoms with van der Waals surface area (Å²) in [6.07, 6.45) is 0.942. The quantitative estimate of drug-likeness (QED) is 0.615. The highest BCUT2D eigenvalue weighted by atomic mass is 35.5. The summed E-state index contributed by atoms with van der Waals surface area (Å²) in [5.74, 6) is 0.472. The molecule has 0 radical (unpaired) electrons. The van der Waals surface area contributed by atoms with Crippen molar-refractivity contribution >= 4 is 23.2 Å². The molecular weight excluding hydrogens is 324 g/mol. The summed E-state index contributed by atoms with van der Waals surface area (Å²) in [7, 11) is 0. The van der Waals surface area contributed by atoms with Crippen LogP contribution in [0.5, 0.6) is 5.75 Å². The SMILES string of the molecule is CCCOc1ccc(C(=O)N/N=C(/C)c2cc(C)ccc2Cl)cc1. The van der Waals surface area contributed by atoms with Gasteiger partial charge in [-0.05, 0) is 56.7 Å². The molecule has 0 bridgehead atoms. The molecule has 2 aromatic carbocycles. The highest BCUT2D eigenvalue weighted by molar-refractivity contribution is 6.34. The number of carbonyl (C=O) groups excluding carboxylic acids is 1. The molecule has 24 heavy (non-hydrogen) atoms. The first-order valence-corrected chi connectivity index (χ1v) is 8.23. The van der Waals surface area contributed by atoms with Gasteiger partial charge in [-0.1, -0.05) is 30.2 Å². The molecule has 0 aliphatic heterocycles. The molecule has 2 rings (SSSR count). The van der Waals surface area contributed by atoms with Crippen LogP contribution in [-0.4, -0.2) is 18.2 Å². The fraction of sp³-hybridized carbons (Fsp3) is 0.263. The van der Waals surface area contributed by atoms with Crippen molar-refractivity contribution in [3.63, 3.8) is 0 Å². The second kappa shape index (κ2) is 8.50. The third kappa shape index (κ3) is 4.83. The van der Waals surface area contributed by atoms with Crippen molar-refractivity contribution in [3.8, 4) is 5.75 Å². The van der Waals surface area contributed by atoms with E-state index in [1.165, 1.54) is 0 Å². The van der Waals surface area contributed by atoms with Gasteiger partial charge < -0.3 is 4.74 Å². The minimum Gasteiger partial charge on any atom is -0.494 e. The number of nitrogens with zero attached hydrogens (tertiary/aromatic N) is 1. The summed E-state index contributed by atoms with van der Waals surface area (Å²) < 4.78 is 5.50. The molecule has 1 N–H and O–H groups in total. The van der Waals surface area contributed by atoms with Gasteiger partial charge in [-0.15, -0.1) is 0 Å². The second-order valence-corrected chi connectivity index (χ2v) is 5.90. The number of rotatable bonds is 6. The first kappa shape index (κ1) is 18.0. The van der Waals surface area contributed by atoms with Crippen LogP contribution in [0.2, 0.25) is 5.02 Å². The van der Waals surface area contributed by atoms with Gasteiger partial charge in [0, 0.05) is 16.1 Å². The maximum absolute atomic E-state index is 12.2. The Labute approximate surface area is 147 Å². The highest BCUT2D eigenvalue weighted by Gasteiger charge is 2.07. The van der Waals surface area contributed by atoms with Crippen molar-refractivity contribution in [2.75, 3.05) is 6.61 Å². The summed E-state index contributed by atoms with van der Waals surface area (Å²) >= 11 is 6.18. The third-order valence-corrected chi connectivity index (χ3v) is 3.76. The van der Waals surface area contributed by atoms with E-state index >= 15 is 0 Å². The normalized spacial score (nSPS) is 11.2. The van der Waals surface area contributed by atoms with Gasteiger partial charge in [0.1, 0.15) is 5.75 Å². The molecule has 0 unspecified atom stereocenters. The molecule has 0 aliphatic carbocycles. The number of ether oxygens (including phenoxy) is 1. The van der Waals surface area contributed by atoms with Gasteiger partial charge in [-0.25, -0.2) is 5.43 Å².